The maximum absolute atomic E-state index is 12.6. The average molecular weight is 483 g/mol. The van der Waals surface area contributed by atoms with Crippen LogP contribution in [0.1, 0.15) is 36.7 Å². The number of anilines is 2. The molecule has 2 N–H and O–H groups in total. The Bertz CT molecular complexity index is 1180. The minimum atomic E-state index is -3.75. The van der Waals surface area contributed by atoms with Gasteiger partial charge in [0, 0.05) is 37.1 Å². The van der Waals surface area contributed by atoms with Crippen LogP contribution in [0.5, 0.6) is 5.75 Å². The van der Waals surface area contributed by atoms with E-state index in [2.05, 4.69) is 33.8 Å². The Morgan fingerprint density at radius 1 is 0.941 bits per heavy atom. The molecule has 1 aromatic heterocycles. The van der Waals surface area contributed by atoms with Gasteiger partial charge in [0.15, 0.2) is 0 Å². The fourth-order valence-corrected chi connectivity index (χ4v) is 4.38. The maximum Gasteiger partial charge on any atom is 0.261 e. The summed E-state index contributed by atoms with van der Waals surface area (Å²) in [5.41, 5.74) is 1.68. The van der Waals surface area contributed by atoms with Crippen LogP contribution in [-0.4, -0.2) is 39.0 Å². The van der Waals surface area contributed by atoms with E-state index in [0.717, 1.165) is 24.5 Å². The topological polar surface area (TPSA) is 101 Å². The first-order valence-corrected chi connectivity index (χ1v) is 12.7. The molecule has 8 nitrogen and oxygen atoms in total. The van der Waals surface area contributed by atoms with Gasteiger partial charge in [0.25, 0.3) is 15.9 Å². The lowest BCUT2D eigenvalue weighted by Crippen LogP contribution is -2.24. The van der Waals surface area contributed by atoms with Gasteiger partial charge in [-0.1, -0.05) is 6.07 Å². The molecule has 9 heteroatoms. The second-order valence-corrected chi connectivity index (χ2v) is 9.15. The van der Waals surface area contributed by atoms with Crippen molar-refractivity contribution in [3.05, 3.63) is 78.0 Å². The predicted molar refractivity (Wildman–Crippen MR) is 134 cm³/mol. The van der Waals surface area contributed by atoms with Crippen LogP contribution >= 0.6 is 0 Å². The van der Waals surface area contributed by atoms with Gasteiger partial charge >= 0.3 is 0 Å². The molecule has 34 heavy (non-hydrogen) atoms. The summed E-state index contributed by atoms with van der Waals surface area (Å²) in [5.74, 6) is 1.25. The van der Waals surface area contributed by atoms with Crippen molar-refractivity contribution in [3.63, 3.8) is 0 Å². The molecule has 0 saturated heterocycles. The third-order valence-corrected chi connectivity index (χ3v) is 6.59. The number of sulfonamides is 1. The quantitative estimate of drug-likeness (QED) is 0.428. The summed E-state index contributed by atoms with van der Waals surface area (Å²) < 4.78 is 33.1. The number of hydrogen-bond donors (Lipinski definition) is 2. The van der Waals surface area contributed by atoms with Crippen molar-refractivity contribution in [3.8, 4) is 5.75 Å². The predicted octanol–water partition coefficient (Wildman–Crippen LogP) is 4.06. The van der Waals surface area contributed by atoms with Crippen molar-refractivity contribution >= 4 is 27.4 Å². The number of nitrogens with zero attached hydrogens (tertiary/aromatic N) is 2. The molecule has 0 aliphatic heterocycles. The SMILES string of the molecule is CCOc1ccc(S(=O)(=O)Nc2ccc(C(=O)NCc3ccc(N(CC)CC)nc3)cc2)cc1. The standard InChI is InChI=1S/C25H30N4O4S/c1-4-29(5-2)24-16-7-19(17-26-24)18-27-25(30)20-8-10-21(11-9-20)28-34(31,32)23-14-12-22(13-15-23)33-6-3/h7-17,28H,4-6,18H2,1-3H3,(H,27,30). The van der Waals surface area contributed by atoms with Gasteiger partial charge in [-0.15, -0.1) is 0 Å². The van der Waals surface area contributed by atoms with Crippen LogP contribution in [0, 0.1) is 0 Å². The van der Waals surface area contributed by atoms with Crippen molar-refractivity contribution in [1.29, 1.82) is 0 Å². The van der Waals surface area contributed by atoms with Crippen LogP contribution in [0.2, 0.25) is 0 Å². The van der Waals surface area contributed by atoms with Crippen LogP contribution in [0.4, 0.5) is 11.5 Å². The zero-order valence-corrected chi connectivity index (χ0v) is 20.4. The molecular weight excluding hydrogens is 452 g/mol. The highest BCUT2D eigenvalue weighted by molar-refractivity contribution is 7.92. The highest BCUT2D eigenvalue weighted by atomic mass is 32.2. The first-order valence-electron chi connectivity index (χ1n) is 11.2. The molecule has 0 bridgehead atoms. The molecule has 3 aromatic rings. The van der Waals surface area contributed by atoms with Crippen LogP contribution in [0.3, 0.4) is 0 Å². The first kappa shape index (κ1) is 25.0. The Morgan fingerprint density at radius 2 is 1.62 bits per heavy atom. The number of benzene rings is 2. The molecule has 180 valence electrons. The van der Waals surface area contributed by atoms with Crippen molar-refractivity contribution in [2.24, 2.45) is 0 Å². The normalized spacial score (nSPS) is 11.0. The Balaban J connectivity index is 1.57. The third-order valence-electron chi connectivity index (χ3n) is 5.19. The zero-order chi connectivity index (χ0) is 24.6. The minimum absolute atomic E-state index is 0.124. The van der Waals surface area contributed by atoms with Gasteiger partial charge in [-0.25, -0.2) is 13.4 Å². The molecule has 1 amide bonds. The fourth-order valence-electron chi connectivity index (χ4n) is 3.33. The first-order chi connectivity index (χ1) is 16.4. The highest BCUT2D eigenvalue weighted by Crippen LogP contribution is 2.20. The number of pyridine rings is 1. The van der Waals surface area contributed by atoms with E-state index in [1.165, 1.54) is 12.1 Å². The maximum atomic E-state index is 12.6. The average Bonchev–Trinajstić information content (AvgIpc) is 2.85. The molecule has 0 fully saturated rings. The summed E-state index contributed by atoms with van der Waals surface area (Å²) in [7, 11) is -3.75. The molecule has 0 unspecified atom stereocenters. The number of rotatable bonds is 11. The number of hydrogen-bond acceptors (Lipinski definition) is 6. The second-order valence-electron chi connectivity index (χ2n) is 7.47. The highest BCUT2D eigenvalue weighted by Gasteiger charge is 2.15. The lowest BCUT2D eigenvalue weighted by atomic mass is 10.2. The van der Waals surface area contributed by atoms with Gasteiger partial charge in [-0.2, -0.15) is 0 Å². The van der Waals surface area contributed by atoms with E-state index in [4.69, 9.17) is 4.74 Å². The zero-order valence-electron chi connectivity index (χ0n) is 19.6. The van der Waals surface area contributed by atoms with Crippen LogP contribution < -0.4 is 19.7 Å². The van der Waals surface area contributed by atoms with Gasteiger partial charge in [0.1, 0.15) is 11.6 Å². The lowest BCUT2D eigenvalue weighted by molar-refractivity contribution is 0.0951. The van der Waals surface area contributed by atoms with Crippen molar-refractivity contribution in [2.45, 2.75) is 32.2 Å². The Labute approximate surface area is 201 Å². The minimum Gasteiger partial charge on any atom is -0.494 e. The van der Waals surface area contributed by atoms with Crippen molar-refractivity contribution in [2.75, 3.05) is 29.3 Å². The summed E-state index contributed by atoms with van der Waals surface area (Å²) >= 11 is 0. The number of amides is 1. The van der Waals surface area contributed by atoms with E-state index in [0.29, 0.717) is 30.2 Å². The van der Waals surface area contributed by atoms with E-state index in [-0.39, 0.29) is 10.8 Å². The van der Waals surface area contributed by atoms with Crippen molar-refractivity contribution < 1.29 is 17.9 Å². The van der Waals surface area contributed by atoms with Gasteiger partial charge in [-0.3, -0.25) is 9.52 Å². The Hall–Kier alpha value is -3.59. The molecular formula is C25H30N4O4S. The molecule has 0 radical (unpaired) electrons. The van der Waals surface area contributed by atoms with E-state index < -0.39 is 10.0 Å². The molecule has 0 spiro atoms. The summed E-state index contributed by atoms with van der Waals surface area (Å²) in [6.45, 7) is 8.63. The van der Waals surface area contributed by atoms with E-state index in [1.807, 2.05) is 19.1 Å². The van der Waals surface area contributed by atoms with E-state index in [9.17, 15) is 13.2 Å². The van der Waals surface area contributed by atoms with Gasteiger partial charge < -0.3 is 15.0 Å². The van der Waals surface area contributed by atoms with Crippen LogP contribution in [-0.2, 0) is 16.6 Å². The summed E-state index contributed by atoms with van der Waals surface area (Å²) in [6.07, 6.45) is 1.76. The molecule has 1 heterocycles. The number of aromatic nitrogens is 1. The molecule has 0 atom stereocenters. The Morgan fingerprint density at radius 3 is 2.18 bits per heavy atom. The van der Waals surface area contributed by atoms with E-state index in [1.54, 1.807) is 42.6 Å². The molecule has 0 saturated carbocycles. The fraction of sp³-hybridized carbons (Fsp3) is 0.280. The van der Waals surface area contributed by atoms with Gasteiger partial charge in [-0.05, 0) is 80.9 Å². The molecule has 2 aromatic carbocycles. The van der Waals surface area contributed by atoms with E-state index >= 15 is 0 Å². The van der Waals surface area contributed by atoms with Gasteiger partial charge in [0.2, 0.25) is 0 Å². The third kappa shape index (κ3) is 6.48. The Kier molecular flexibility index (Phi) is 8.48. The largest absolute Gasteiger partial charge is 0.494 e. The number of carbonyl (C=O) groups is 1. The monoisotopic (exact) mass is 482 g/mol. The smallest absolute Gasteiger partial charge is 0.261 e. The van der Waals surface area contributed by atoms with Gasteiger partial charge in [0.05, 0.1) is 11.5 Å². The lowest BCUT2D eigenvalue weighted by Gasteiger charge is -2.19. The molecule has 3 rings (SSSR count). The molecule has 0 aliphatic carbocycles. The number of carbonyl (C=O) groups excluding carboxylic acids is 1. The molecule has 0 aliphatic rings. The van der Waals surface area contributed by atoms with Crippen LogP contribution in [0.15, 0.2) is 71.8 Å². The number of ether oxygens (including phenoxy) is 1. The van der Waals surface area contributed by atoms with Crippen LogP contribution in [0.25, 0.3) is 0 Å². The number of nitrogens with one attached hydrogen (secondary N) is 2. The summed E-state index contributed by atoms with van der Waals surface area (Å²) in [4.78, 5) is 19.2. The van der Waals surface area contributed by atoms with Crippen molar-refractivity contribution in [1.82, 2.24) is 10.3 Å². The summed E-state index contributed by atoms with van der Waals surface area (Å²) in [6, 6.07) is 16.3. The second kappa shape index (κ2) is 11.5. The summed E-state index contributed by atoms with van der Waals surface area (Å²) in [5, 5.41) is 2.86.